The molecule has 1 aromatic carbocycles. The molecule has 102 valence electrons. The van der Waals surface area contributed by atoms with E-state index in [0.717, 1.165) is 11.1 Å². The Morgan fingerprint density at radius 3 is 2.47 bits per heavy atom. The molecule has 1 unspecified atom stereocenters. The number of hydrogen-bond acceptors (Lipinski definition) is 3. The fourth-order valence-electron chi connectivity index (χ4n) is 1.63. The van der Waals surface area contributed by atoms with Crippen molar-refractivity contribution in [2.75, 3.05) is 0 Å². The standard InChI is InChI=1S/C13H15NO5/c1-8-3-2-4-9(5-8)6-11(15)14-10(13(18)19)7-12(16)17/h2-5,10H,6-7H2,1H3,(H,14,15)(H,16,17)(H,18,19). The van der Waals surface area contributed by atoms with Gasteiger partial charge >= 0.3 is 11.9 Å². The summed E-state index contributed by atoms with van der Waals surface area (Å²) in [4.78, 5) is 32.9. The van der Waals surface area contributed by atoms with Crippen molar-refractivity contribution in [3.63, 3.8) is 0 Å². The van der Waals surface area contributed by atoms with Gasteiger partial charge in [0.1, 0.15) is 6.04 Å². The maximum Gasteiger partial charge on any atom is 0.326 e. The third kappa shape index (κ3) is 5.20. The Bertz CT molecular complexity index is 498. The van der Waals surface area contributed by atoms with Crippen molar-refractivity contribution in [2.45, 2.75) is 25.8 Å². The molecule has 0 aliphatic rings. The molecule has 6 heteroatoms. The van der Waals surface area contributed by atoms with E-state index in [-0.39, 0.29) is 6.42 Å². The van der Waals surface area contributed by atoms with E-state index >= 15 is 0 Å². The summed E-state index contributed by atoms with van der Waals surface area (Å²) in [6, 6.07) is 5.83. The summed E-state index contributed by atoms with van der Waals surface area (Å²) < 4.78 is 0. The van der Waals surface area contributed by atoms with Crippen molar-refractivity contribution >= 4 is 17.8 Å². The van der Waals surface area contributed by atoms with Gasteiger partial charge < -0.3 is 15.5 Å². The molecule has 6 nitrogen and oxygen atoms in total. The van der Waals surface area contributed by atoms with E-state index in [4.69, 9.17) is 10.2 Å². The van der Waals surface area contributed by atoms with Gasteiger partial charge in [-0.25, -0.2) is 4.79 Å². The van der Waals surface area contributed by atoms with Gasteiger partial charge in [0.25, 0.3) is 0 Å². The van der Waals surface area contributed by atoms with Crippen LogP contribution >= 0.6 is 0 Å². The van der Waals surface area contributed by atoms with E-state index in [1.165, 1.54) is 0 Å². The number of benzene rings is 1. The second-order valence-electron chi connectivity index (χ2n) is 4.22. The first-order chi connectivity index (χ1) is 8.88. The van der Waals surface area contributed by atoms with Gasteiger partial charge in [-0.15, -0.1) is 0 Å². The van der Waals surface area contributed by atoms with Crippen LogP contribution in [0.3, 0.4) is 0 Å². The first-order valence-electron chi connectivity index (χ1n) is 5.68. The number of carboxylic acid groups (broad SMARTS) is 2. The van der Waals surface area contributed by atoms with Crippen molar-refractivity contribution in [1.82, 2.24) is 5.32 Å². The van der Waals surface area contributed by atoms with Crippen molar-refractivity contribution in [1.29, 1.82) is 0 Å². The number of carboxylic acids is 2. The number of carbonyl (C=O) groups is 3. The fourth-order valence-corrected chi connectivity index (χ4v) is 1.63. The fraction of sp³-hybridized carbons (Fsp3) is 0.308. The van der Waals surface area contributed by atoms with Crippen LogP contribution in [-0.4, -0.2) is 34.1 Å². The molecule has 1 rings (SSSR count). The quantitative estimate of drug-likeness (QED) is 0.698. The van der Waals surface area contributed by atoms with Gasteiger partial charge in [0.05, 0.1) is 12.8 Å². The van der Waals surface area contributed by atoms with Gasteiger partial charge in [-0.2, -0.15) is 0 Å². The van der Waals surface area contributed by atoms with E-state index in [2.05, 4.69) is 5.32 Å². The molecule has 0 radical (unpaired) electrons. The molecule has 0 fully saturated rings. The number of carbonyl (C=O) groups excluding carboxylic acids is 1. The SMILES string of the molecule is Cc1cccc(CC(=O)NC(CC(=O)O)C(=O)O)c1. The summed E-state index contributed by atoms with van der Waals surface area (Å²) in [6.07, 6.45) is -0.625. The third-order valence-electron chi connectivity index (χ3n) is 2.46. The number of aryl methyl sites for hydroxylation is 1. The Kier molecular flexibility index (Phi) is 5.05. The van der Waals surface area contributed by atoms with Crippen molar-refractivity contribution in [2.24, 2.45) is 0 Å². The normalized spacial score (nSPS) is 11.6. The molecule has 1 atom stereocenters. The zero-order valence-electron chi connectivity index (χ0n) is 10.4. The average Bonchev–Trinajstić information content (AvgIpc) is 2.27. The maximum atomic E-state index is 11.7. The molecular weight excluding hydrogens is 250 g/mol. The van der Waals surface area contributed by atoms with Crippen molar-refractivity contribution in [3.05, 3.63) is 35.4 Å². The highest BCUT2D eigenvalue weighted by molar-refractivity contribution is 5.87. The maximum absolute atomic E-state index is 11.7. The van der Waals surface area contributed by atoms with Gasteiger partial charge in [0.2, 0.25) is 5.91 Å². The highest BCUT2D eigenvalue weighted by Gasteiger charge is 2.22. The summed E-state index contributed by atoms with van der Waals surface area (Å²) in [5.41, 5.74) is 1.74. The lowest BCUT2D eigenvalue weighted by Gasteiger charge is -2.12. The molecule has 0 aliphatic heterocycles. The first-order valence-corrected chi connectivity index (χ1v) is 5.68. The number of rotatable bonds is 6. The molecular formula is C13H15NO5. The van der Waals surface area contributed by atoms with E-state index in [9.17, 15) is 14.4 Å². The molecule has 0 heterocycles. The lowest BCUT2D eigenvalue weighted by molar-refractivity contribution is -0.147. The highest BCUT2D eigenvalue weighted by Crippen LogP contribution is 2.05. The lowest BCUT2D eigenvalue weighted by Crippen LogP contribution is -2.42. The van der Waals surface area contributed by atoms with E-state index in [1.54, 1.807) is 12.1 Å². The molecule has 0 spiro atoms. The minimum absolute atomic E-state index is 0.0189. The zero-order valence-corrected chi connectivity index (χ0v) is 10.4. The van der Waals surface area contributed by atoms with E-state index in [0.29, 0.717) is 0 Å². The summed E-state index contributed by atoms with van der Waals surface area (Å²) in [6.45, 7) is 1.88. The van der Waals surface area contributed by atoms with Crippen molar-refractivity contribution in [3.8, 4) is 0 Å². The minimum atomic E-state index is -1.41. The average molecular weight is 265 g/mol. The smallest absolute Gasteiger partial charge is 0.326 e. The molecule has 1 aromatic rings. The minimum Gasteiger partial charge on any atom is -0.481 e. The second-order valence-corrected chi connectivity index (χ2v) is 4.22. The van der Waals surface area contributed by atoms with Gasteiger partial charge in [-0.05, 0) is 12.5 Å². The Balaban J connectivity index is 2.62. The van der Waals surface area contributed by atoms with Crippen LogP contribution in [0.15, 0.2) is 24.3 Å². The van der Waals surface area contributed by atoms with Crippen LogP contribution in [0.1, 0.15) is 17.5 Å². The van der Waals surface area contributed by atoms with Crippen molar-refractivity contribution < 1.29 is 24.6 Å². The summed E-state index contributed by atoms with van der Waals surface area (Å²) >= 11 is 0. The number of amides is 1. The van der Waals surface area contributed by atoms with Gasteiger partial charge in [0, 0.05) is 0 Å². The Morgan fingerprint density at radius 2 is 1.95 bits per heavy atom. The van der Waals surface area contributed by atoms with Gasteiger partial charge in [-0.3, -0.25) is 9.59 Å². The third-order valence-corrected chi connectivity index (χ3v) is 2.46. The summed E-state index contributed by atoms with van der Waals surface area (Å²) in [5.74, 6) is -3.15. The van der Waals surface area contributed by atoms with Crippen LogP contribution in [0, 0.1) is 6.92 Å². The highest BCUT2D eigenvalue weighted by atomic mass is 16.4. The van der Waals surface area contributed by atoms with E-state index in [1.807, 2.05) is 19.1 Å². The number of aliphatic carboxylic acids is 2. The summed E-state index contributed by atoms with van der Waals surface area (Å²) in [5, 5.41) is 19.6. The van der Waals surface area contributed by atoms with Gasteiger partial charge in [-0.1, -0.05) is 29.8 Å². The zero-order chi connectivity index (χ0) is 14.4. The van der Waals surface area contributed by atoms with E-state index < -0.39 is 30.3 Å². The molecule has 0 saturated heterocycles. The van der Waals surface area contributed by atoms with Crippen LogP contribution in [-0.2, 0) is 20.8 Å². The van der Waals surface area contributed by atoms with Crippen LogP contribution in [0.2, 0.25) is 0 Å². The van der Waals surface area contributed by atoms with Crippen LogP contribution < -0.4 is 5.32 Å². The predicted molar refractivity (Wildman–Crippen MR) is 66.7 cm³/mol. The Hall–Kier alpha value is -2.37. The number of nitrogens with one attached hydrogen (secondary N) is 1. The Labute approximate surface area is 110 Å². The number of hydrogen-bond donors (Lipinski definition) is 3. The summed E-state index contributed by atoms with van der Waals surface area (Å²) in [7, 11) is 0. The molecule has 19 heavy (non-hydrogen) atoms. The molecule has 1 amide bonds. The molecule has 0 bridgehead atoms. The monoisotopic (exact) mass is 265 g/mol. The Morgan fingerprint density at radius 1 is 1.26 bits per heavy atom. The molecule has 0 aromatic heterocycles. The van der Waals surface area contributed by atoms with Gasteiger partial charge in [0.15, 0.2) is 0 Å². The molecule has 0 aliphatic carbocycles. The van der Waals surface area contributed by atoms with Crippen LogP contribution in [0.5, 0.6) is 0 Å². The molecule has 0 saturated carbocycles. The second kappa shape index (κ2) is 6.53. The predicted octanol–water partition coefficient (Wildman–Crippen LogP) is 0.582. The lowest BCUT2D eigenvalue weighted by atomic mass is 10.1. The topological polar surface area (TPSA) is 104 Å². The largest absolute Gasteiger partial charge is 0.481 e. The first kappa shape index (κ1) is 14.7. The molecule has 3 N–H and O–H groups in total. The van der Waals surface area contributed by atoms with Crippen LogP contribution in [0.25, 0.3) is 0 Å². The van der Waals surface area contributed by atoms with Crippen LogP contribution in [0.4, 0.5) is 0 Å².